The van der Waals surface area contributed by atoms with Gasteiger partial charge in [-0.25, -0.2) is 17.8 Å². The maximum atomic E-state index is 14.8. The molecule has 2 aliphatic rings. The molecule has 0 aromatic heterocycles. The van der Waals surface area contributed by atoms with Crippen LogP contribution in [0.3, 0.4) is 0 Å². The summed E-state index contributed by atoms with van der Waals surface area (Å²) in [6, 6.07) is 2.54. The lowest BCUT2D eigenvalue weighted by atomic mass is 10.1. The summed E-state index contributed by atoms with van der Waals surface area (Å²) in [5, 5.41) is 9.89. The van der Waals surface area contributed by atoms with Gasteiger partial charge >= 0.3 is 10.2 Å². The first-order valence-electron chi connectivity index (χ1n) is 7.48. The van der Waals surface area contributed by atoms with Crippen LogP contribution >= 0.6 is 0 Å². The van der Waals surface area contributed by atoms with Crippen molar-refractivity contribution in [2.24, 2.45) is 0 Å². The highest BCUT2D eigenvalue weighted by Crippen LogP contribution is 2.35. The number of likely N-dealkylation sites (tertiary alicyclic amines) is 1. The molecular formula is C14H17F2N3O4S. The number of halogens is 2. The largest absolute Gasteiger partial charge is 0.506 e. The van der Waals surface area contributed by atoms with Crippen molar-refractivity contribution in [2.75, 3.05) is 23.9 Å². The summed E-state index contributed by atoms with van der Waals surface area (Å²) in [6.07, 6.45) is -0.120. The van der Waals surface area contributed by atoms with Crippen molar-refractivity contribution in [2.45, 2.75) is 25.6 Å². The lowest BCUT2D eigenvalue weighted by Crippen LogP contribution is -2.34. The number of piperidine rings is 1. The van der Waals surface area contributed by atoms with Crippen LogP contribution in [0, 0.1) is 5.82 Å². The summed E-state index contributed by atoms with van der Waals surface area (Å²) in [4.78, 5) is 13.2. The predicted molar refractivity (Wildman–Crippen MR) is 81.9 cm³/mol. The van der Waals surface area contributed by atoms with E-state index in [9.17, 15) is 27.1 Å². The van der Waals surface area contributed by atoms with E-state index in [-0.39, 0.29) is 12.1 Å². The number of anilines is 1. The molecule has 0 atom stereocenters. The molecule has 0 aliphatic carbocycles. The second-order valence-corrected chi connectivity index (χ2v) is 7.49. The maximum absolute atomic E-state index is 14.8. The van der Waals surface area contributed by atoms with E-state index in [0.717, 1.165) is 0 Å². The van der Waals surface area contributed by atoms with Gasteiger partial charge in [0, 0.05) is 25.2 Å². The number of nitrogens with zero attached hydrogens (tertiary/aromatic N) is 2. The van der Waals surface area contributed by atoms with Crippen molar-refractivity contribution in [1.29, 1.82) is 0 Å². The van der Waals surface area contributed by atoms with Gasteiger partial charge in [0.05, 0.1) is 0 Å². The van der Waals surface area contributed by atoms with E-state index in [1.54, 1.807) is 4.72 Å². The van der Waals surface area contributed by atoms with Gasteiger partial charge in [0.15, 0.2) is 5.82 Å². The molecule has 10 heteroatoms. The number of alkyl halides is 1. The number of phenols is 1. The molecule has 0 spiro atoms. The van der Waals surface area contributed by atoms with Gasteiger partial charge in [-0.3, -0.25) is 9.69 Å². The number of phenolic OH excluding ortho intramolecular Hbond substituents is 1. The summed E-state index contributed by atoms with van der Waals surface area (Å²) in [6.45, 7) is 0.516. The number of aromatic hydroxyl groups is 1. The van der Waals surface area contributed by atoms with Crippen molar-refractivity contribution >= 4 is 21.8 Å². The fourth-order valence-corrected chi connectivity index (χ4v) is 4.07. The van der Waals surface area contributed by atoms with E-state index in [0.29, 0.717) is 30.2 Å². The van der Waals surface area contributed by atoms with E-state index in [1.807, 2.05) is 4.90 Å². The Hall–Kier alpha value is -1.94. The smallest absolute Gasteiger partial charge is 0.326 e. The Balaban J connectivity index is 1.90. The molecule has 24 heavy (non-hydrogen) atoms. The van der Waals surface area contributed by atoms with Crippen LogP contribution < -0.4 is 9.03 Å². The minimum atomic E-state index is -4.22. The Morgan fingerprint density at radius 2 is 1.96 bits per heavy atom. The summed E-state index contributed by atoms with van der Waals surface area (Å²) in [5.41, 5.74) is -0.374. The highest BCUT2D eigenvalue weighted by Gasteiger charge is 2.38. The molecule has 2 saturated heterocycles. The Kier molecular flexibility index (Phi) is 4.35. The van der Waals surface area contributed by atoms with Crippen LogP contribution in [0.15, 0.2) is 12.1 Å². The molecule has 2 fully saturated rings. The van der Waals surface area contributed by atoms with E-state index in [2.05, 4.69) is 0 Å². The number of hydrogen-bond donors (Lipinski definition) is 2. The third-order valence-electron chi connectivity index (χ3n) is 4.16. The fourth-order valence-electron chi connectivity index (χ4n) is 2.90. The third kappa shape index (κ3) is 3.16. The topological polar surface area (TPSA) is 90.0 Å². The summed E-state index contributed by atoms with van der Waals surface area (Å²) < 4.78 is 54.0. The van der Waals surface area contributed by atoms with Crippen LogP contribution in [-0.4, -0.2) is 50.1 Å². The summed E-state index contributed by atoms with van der Waals surface area (Å²) >= 11 is 0. The molecule has 1 aromatic carbocycles. The zero-order valence-corrected chi connectivity index (χ0v) is 13.5. The van der Waals surface area contributed by atoms with Crippen LogP contribution in [0.1, 0.15) is 18.4 Å². The number of hydrogen-bond acceptors (Lipinski definition) is 5. The second-order valence-electron chi connectivity index (χ2n) is 5.89. The minimum absolute atomic E-state index is 0.168. The molecule has 1 aromatic rings. The van der Waals surface area contributed by atoms with E-state index >= 15 is 0 Å². The van der Waals surface area contributed by atoms with Crippen molar-refractivity contribution in [3.63, 3.8) is 0 Å². The normalized spacial score (nSPS) is 21.9. The highest BCUT2D eigenvalue weighted by molar-refractivity contribution is 7.92. The molecule has 2 heterocycles. The van der Waals surface area contributed by atoms with Gasteiger partial charge < -0.3 is 5.11 Å². The first-order valence-corrected chi connectivity index (χ1v) is 8.92. The van der Waals surface area contributed by atoms with Crippen molar-refractivity contribution in [1.82, 2.24) is 9.62 Å². The highest BCUT2D eigenvalue weighted by atomic mass is 32.2. The minimum Gasteiger partial charge on any atom is -0.506 e. The van der Waals surface area contributed by atoms with Crippen LogP contribution in [0.25, 0.3) is 0 Å². The lowest BCUT2D eigenvalue weighted by Gasteiger charge is -2.29. The van der Waals surface area contributed by atoms with Gasteiger partial charge in [-0.2, -0.15) is 8.42 Å². The molecule has 0 unspecified atom stereocenters. The van der Waals surface area contributed by atoms with Crippen LogP contribution in [-0.2, 0) is 21.5 Å². The molecule has 0 radical (unpaired) electrons. The number of nitrogens with one attached hydrogen (secondary N) is 1. The van der Waals surface area contributed by atoms with E-state index < -0.39 is 46.1 Å². The average Bonchev–Trinajstić information content (AvgIpc) is 2.77. The van der Waals surface area contributed by atoms with Gasteiger partial charge in [0.25, 0.3) is 5.91 Å². The molecule has 1 amide bonds. The van der Waals surface area contributed by atoms with Gasteiger partial charge in [-0.05, 0) is 18.9 Å². The first kappa shape index (κ1) is 16.9. The van der Waals surface area contributed by atoms with Gasteiger partial charge in [-0.1, -0.05) is 6.07 Å². The van der Waals surface area contributed by atoms with Gasteiger partial charge in [0.1, 0.15) is 24.2 Å². The Labute approximate surface area is 138 Å². The Morgan fingerprint density at radius 1 is 1.29 bits per heavy atom. The van der Waals surface area contributed by atoms with Crippen LogP contribution in [0.5, 0.6) is 5.75 Å². The SMILES string of the molecule is O=C1CN(c2c(O)ccc(CN3CCC(F)CC3)c2F)S(=O)(=O)N1. The monoisotopic (exact) mass is 361 g/mol. The van der Waals surface area contributed by atoms with Gasteiger partial charge in [0.2, 0.25) is 0 Å². The Morgan fingerprint density at radius 3 is 2.54 bits per heavy atom. The summed E-state index contributed by atoms with van der Waals surface area (Å²) in [5.74, 6) is -2.28. The number of carbonyl (C=O) groups excluding carboxylic acids is 1. The molecule has 132 valence electrons. The quantitative estimate of drug-likeness (QED) is 0.825. The zero-order chi connectivity index (χ0) is 17.5. The number of benzene rings is 1. The lowest BCUT2D eigenvalue weighted by molar-refractivity contribution is -0.117. The molecule has 0 bridgehead atoms. The summed E-state index contributed by atoms with van der Waals surface area (Å²) in [7, 11) is -4.22. The van der Waals surface area contributed by atoms with Crippen LogP contribution in [0.4, 0.5) is 14.5 Å². The predicted octanol–water partition coefficient (Wildman–Crippen LogP) is 0.646. The van der Waals surface area contributed by atoms with E-state index in [1.165, 1.54) is 12.1 Å². The van der Waals surface area contributed by atoms with Gasteiger partial charge in [-0.15, -0.1) is 0 Å². The van der Waals surface area contributed by atoms with Crippen LogP contribution in [0.2, 0.25) is 0 Å². The standard InChI is InChI=1S/C14H17F2N3O4S/c15-10-3-5-18(6-4-10)7-9-1-2-11(20)14(13(9)16)19-8-12(21)17-24(19,22)23/h1-2,10,20H,3-8H2,(H,17,21). The van der Waals surface area contributed by atoms with Crippen molar-refractivity contribution in [3.05, 3.63) is 23.5 Å². The second kappa shape index (κ2) is 6.17. The fraction of sp³-hybridized carbons (Fsp3) is 0.500. The van der Waals surface area contributed by atoms with Crippen molar-refractivity contribution < 1.29 is 27.1 Å². The van der Waals surface area contributed by atoms with E-state index in [4.69, 9.17) is 0 Å². The number of amides is 1. The molecular weight excluding hydrogens is 344 g/mol. The maximum Gasteiger partial charge on any atom is 0.326 e. The molecule has 2 N–H and O–H groups in total. The third-order valence-corrected chi connectivity index (χ3v) is 5.53. The number of rotatable bonds is 3. The molecule has 3 rings (SSSR count). The van der Waals surface area contributed by atoms with Crippen molar-refractivity contribution in [3.8, 4) is 5.75 Å². The Bertz CT molecular complexity index is 764. The first-order chi connectivity index (χ1) is 11.3. The molecule has 2 aliphatic heterocycles. The average molecular weight is 361 g/mol. The zero-order valence-electron chi connectivity index (χ0n) is 12.7. The molecule has 7 nitrogen and oxygen atoms in total. The number of carbonyl (C=O) groups is 1. The molecule has 0 saturated carbocycles.